The van der Waals surface area contributed by atoms with Gasteiger partial charge in [-0.15, -0.1) is 0 Å². The number of carbonyl (C=O) groups is 3. The SMILES string of the molecule is CC(=O)C[C@@H](C)CC(N)=O.CCNC(=O)c1ccco1. The molecule has 0 radical (unpaired) electrons. The van der Waals surface area contributed by atoms with Crippen LogP contribution in [-0.4, -0.2) is 24.1 Å². The lowest BCUT2D eigenvalue weighted by atomic mass is 10.0. The van der Waals surface area contributed by atoms with Gasteiger partial charge in [-0.1, -0.05) is 6.92 Å². The van der Waals surface area contributed by atoms with Gasteiger partial charge in [0.05, 0.1) is 6.26 Å². The quantitative estimate of drug-likeness (QED) is 0.825. The molecule has 0 fully saturated rings. The topological polar surface area (TPSA) is 102 Å². The summed E-state index contributed by atoms with van der Waals surface area (Å²) >= 11 is 0. The lowest BCUT2D eigenvalue weighted by molar-refractivity contribution is -0.120. The van der Waals surface area contributed by atoms with Gasteiger partial charge in [-0.05, 0) is 31.9 Å². The van der Waals surface area contributed by atoms with Gasteiger partial charge in [0, 0.05) is 19.4 Å². The molecule has 0 saturated heterocycles. The van der Waals surface area contributed by atoms with Crippen LogP contribution in [0.3, 0.4) is 0 Å². The van der Waals surface area contributed by atoms with E-state index in [1.54, 1.807) is 12.1 Å². The highest BCUT2D eigenvalue weighted by molar-refractivity contribution is 5.91. The van der Waals surface area contributed by atoms with Gasteiger partial charge in [0.25, 0.3) is 5.91 Å². The molecule has 0 unspecified atom stereocenters. The van der Waals surface area contributed by atoms with Crippen LogP contribution in [0, 0.1) is 5.92 Å². The van der Waals surface area contributed by atoms with Crippen LogP contribution in [0.25, 0.3) is 0 Å². The predicted molar refractivity (Wildman–Crippen MR) is 75.0 cm³/mol. The first-order chi connectivity index (χ1) is 9.36. The van der Waals surface area contributed by atoms with Gasteiger partial charge >= 0.3 is 0 Å². The third kappa shape index (κ3) is 8.91. The first-order valence-corrected chi connectivity index (χ1v) is 6.46. The third-order valence-electron chi connectivity index (χ3n) is 2.27. The summed E-state index contributed by atoms with van der Waals surface area (Å²) in [6.45, 7) is 5.84. The molecule has 1 aromatic heterocycles. The van der Waals surface area contributed by atoms with Crippen molar-refractivity contribution in [3.05, 3.63) is 24.2 Å². The molecule has 1 atom stereocenters. The molecule has 1 heterocycles. The van der Waals surface area contributed by atoms with Crippen molar-refractivity contribution in [3.63, 3.8) is 0 Å². The highest BCUT2D eigenvalue weighted by Gasteiger charge is 2.07. The number of nitrogens with two attached hydrogens (primary N) is 1. The van der Waals surface area contributed by atoms with E-state index in [4.69, 9.17) is 10.2 Å². The molecular weight excluding hydrogens is 260 g/mol. The summed E-state index contributed by atoms with van der Waals surface area (Å²) in [6, 6.07) is 3.32. The molecule has 1 aromatic rings. The Morgan fingerprint density at radius 3 is 2.40 bits per heavy atom. The number of hydrogen-bond acceptors (Lipinski definition) is 4. The van der Waals surface area contributed by atoms with Crippen LogP contribution in [-0.2, 0) is 9.59 Å². The standard InChI is InChI=1S/C7H9NO2.C7H13NO2/c1-2-8-7(9)6-4-3-5-10-6;1-5(3-6(2)9)4-7(8)10/h3-5H,2H2,1H3,(H,8,9);5H,3-4H2,1-2H3,(H2,8,10)/t;5-/m.1/s1. The summed E-state index contributed by atoms with van der Waals surface area (Å²) in [7, 11) is 0. The fourth-order valence-corrected chi connectivity index (χ4v) is 1.56. The average Bonchev–Trinajstić information content (AvgIpc) is 2.80. The van der Waals surface area contributed by atoms with E-state index in [0.29, 0.717) is 25.1 Å². The fraction of sp³-hybridized carbons (Fsp3) is 0.500. The smallest absolute Gasteiger partial charge is 0.286 e. The molecule has 0 saturated carbocycles. The number of carbonyl (C=O) groups excluding carboxylic acids is 3. The number of hydrogen-bond donors (Lipinski definition) is 2. The van der Waals surface area contributed by atoms with Crippen molar-refractivity contribution in [2.75, 3.05) is 6.54 Å². The Bertz CT molecular complexity index is 410. The fourth-order valence-electron chi connectivity index (χ4n) is 1.56. The van der Waals surface area contributed by atoms with Crippen molar-refractivity contribution in [2.45, 2.75) is 33.6 Å². The maximum atomic E-state index is 10.9. The highest BCUT2D eigenvalue weighted by atomic mass is 16.3. The number of amides is 2. The van der Waals surface area contributed by atoms with Gasteiger partial charge < -0.3 is 20.3 Å². The van der Waals surface area contributed by atoms with Gasteiger partial charge in [0.1, 0.15) is 5.78 Å². The van der Waals surface area contributed by atoms with Crippen molar-refractivity contribution in [3.8, 4) is 0 Å². The van der Waals surface area contributed by atoms with Gasteiger partial charge in [-0.25, -0.2) is 0 Å². The maximum absolute atomic E-state index is 10.9. The number of nitrogens with one attached hydrogen (secondary N) is 1. The van der Waals surface area contributed by atoms with Crippen LogP contribution in [0.4, 0.5) is 0 Å². The molecule has 1 rings (SSSR count). The Morgan fingerprint density at radius 1 is 1.35 bits per heavy atom. The first kappa shape index (κ1) is 17.9. The van der Waals surface area contributed by atoms with E-state index in [-0.39, 0.29) is 23.5 Å². The van der Waals surface area contributed by atoms with Crippen LogP contribution in [0.1, 0.15) is 44.2 Å². The van der Waals surface area contributed by atoms with Crippen molar-refractivity contribution in [1.82, 2.24) is 5.32 Å². The zero-order valence-corrected chi connectivity index (χ0v) is 12.1. The Labute approximate surface area is 118 Å². The Morgan fingerprint density at radius 2 is 2.00 bits per heavy atom. The number of ketones is 1. The number of rotatable bonds is 6. The number of Topliss-reactive ketones (excluding diaryl/α,β-unsaturated/α-hetero) is 1. The van der Waals surface area contributed by atoms with Crippen LogP contribution < -0.4 is 11.1 Å². The number of furan rings is 1. The van der Waals surface area contributed by atoms with Crippen LogP contribution in [0.5, 0.6) is 0 Å². The lowest BCUT2D eigenvalue weighted by Crippen LogP contribution is -2.21. The highest BCUT2D eigenvalue weighted by Crippen LogP contribution is 2.06. The van der Waals surface area contributed by atoms with E-state index >= 15 is 0 Å². The Hall–Kier alpha value is -2.11. The van der Waals surface area contributed by atoms with E-state index in [9.17, 15) is 14.4 Å². The van der Waals surface area contributed by atoms with Crippen LogP contribution >= 0.6 is 0 Å². The summed E-state index contributed by atoms with van der Waals surface area (Å²) in [5, 5.41) is 2.62. The Kier molecular flexibility index (Phi) is 8.74. The minimum Gasteiger partial charge on any atom is -0.459 e. The first-order valence-electron chi connectivity index (χ1n) is 6.46. The van der Waals surface area contributed by atoms with Gasteiger partial charge in [-0.3, -0.25) is 9.59 Å². The second kappa shape index (κ2) is 9.77. The minimum absolute atomic E-state index is 0.0926. The number of primary amides is 1. The monoisotopic (exact) mass is 282 g/mol. The maximum Gasteiger partial charge on any atom is 0.286 e. The van der Waals surface area contributed by atoms with E-state index in [1.807, 2.05) is 13.8 Å². The molecule has 20 heavy (non-hydrogen) atoms. The molecule has 0 aliphatic rings. The average molecular weight is 282 g/mol. The van der Waals surface area contributed by atoms with E-state index in [2.05, 4.69) is 5.32 Å². The van der Waals surface area contributed by atoms with Crippen molar-refractivity contribution >= 4 is 17.6 Å². The predicted octanol–water partition coefficient (Wildman–Crippen LogP) is 1.51. The second-order valence-electron chi connectivity index (χ2n) is 4.52. The zero-order chi connectivity index (χ0) is 15.5. The summed E-state index contributed by atoms with van der Waals surface area (Å²) < 4.78 is 4.84. The largest absolute Gasteiger partial charge is 0.459 e. The zero-order valence-electron chi connectivity index (χ0n) is 12.1. The summed E-state index contributed by atoms with van der Waals surface area (Å²) in [6.07, 6.45) is 2.23. The lowest BCUT2D eigenvalue weighted by Gasteiger charge is -2.04. The third-order valence-corrected chi connectivity index (χ3v) is 2.27. The van der Waals surface area contributed by atoms with Gasteiger partial charge in [0.15, 0.2) is 5.76 Å². The minimum atomic E-state index is -0.339. The van der Waals surface area contributed by atoms with Crippen LogP contribution in [0.15, 0.2) is 22.8 Å². The summed E-state index contributed by atoms with van der Waals surface area (Å²) in [5.41, 5.74) is 4.92. The van der Waals surface area contributed by atoms with E-state index in [1.165, 1.54) is 13.2 Å². The van der Waals surface area contributed by atoms with E-state index < -0.39 is 0 Å². The van der Waals surface area contributed by atoms with Gasteiger partial charge in [-0.2, -0.15) is 0 Å². The second-order valence-corrected chi connectivity index (χ2v) is 4.52. The molecule has 2 amide bonds. The molecule has 6 heteroatoms. The molecule has 6 nitrogen and oxygen atoms in total. The molecule has 0 aliphatic heterocycles. The molecule has 112 valence electrons. The molecule has 0 aromatic carbocycles. The van der Waals surface area contributed by atoms with Gasteiger partial charge in [0.2, 0.25) is 5.91 Å². The molecular formula is C14H22N2O4. The molecule has 3 N–H and O–H groups in total. The van der Waals surface area contributed by atoms with Crippen molar-refractivity contribution in [2.24, 2.45) is 11.7 Å². The molecule has 0 aliphatic carbocycles. The summed E-state index contributed by atoms with van der Waals surface area (Å²) in [5.74, 6) is 0.0619. The van der Waals surface area contributed by atoms with Crippen molar-refractivity contribution < 1.29 is 18.8 Å². The van der Waals surface area contributed by atoms with E-state index in [0.717, 1.165) is 0 Å². The molecule has 0 spiro atoms. The summed E-state index contributed by atoms with van der Waals surface area (Å²) in [4.78, 5) is 31.7. The Balaban J connectivity index is 0.000000361. The normalized spacial score (nSPS) is 10.9. The van der Waals surface area contributed by atoms with Crippen LogP contribution in [0.2, 0.25) is 0 Å². The molecule has 0 bridgehead atoms. The van der Waals surface area contributed by atoms with Crippen molar-refractivity contribution in [1.29, 1.82) is 0 Å².